The van der Waals surface area contributed by atoms with E-state index in [1.54, 1.807) is 11.7 Å². The first kappa shape index (κ1) is 22.1. The van der Waals surface area contributed by atoms with Gasteiger partial charge in [0.1, 0.15) is 0 Å². The Kier molecular flexibility index (Phi) is 6.33. The quantitative estimate of drug-likeness (QED) is 0.663. The maximum atomic E-state index is 13.1. The molecular formula is C22H28ClN5O2. The van der Waals surface area contributed by atoms with E-state index < -0.39 is 0 Å². The van der Waals surface area contributed by atoms with Crippen molar-refractivity contribution >= 4 is 29.3 Å². The molecule has 1 aliphatic heterocycles. The molecule has 2 atom stereocenters. The lowest BCUT2D eigenvalue weighted by atomic mass is 9.89. The second-order valence-electron chi connectivity index (χ2n) is 7.99. The summed E-state index contributed by atoms with van der Waals surface area (Å²) in [4.78, 5) is 31.9. The number of aromatic amines is 1. The standard InChI is InChI=1S/C22H27N5O2.ClH/c1-13-17(14(2)24-21-20(13)22(29)25-26(21)3)9-19(28)27-11-16(10-23)18(12-27)15-7-5-4-6-8-15;/h4-8,16,18H,9-12,23H2,1-3H3,(H,25,29);1H/t16-,18+;/m1./s1. The van der Waals surface area contributed by atoms with Crippen LogP contribution in [-0.4, -0.2) is 45.2 Å². The molecule has 4 rings (SSSR count). The highest BCUT2D eigenvalue weighted by atomic mass is 35.5. The van der Waals surface area contributed by atoms with Crippen molar-refractivity contribution in [2.24, 2.45) is 18.7 Å². The highest BCUT2D eigenvalue weighted by Gasteiger charge is 2.35. The monoisotopic (exact) mass is 429 g/mol. The molecule has 8 heteroatoms. The number of hydrogen-bond acceptors (Lipinski definition) is 4. The SMILES string of the molecule is Cc1nc2c(c(C)c1CC(=O)N1C[C@@H](CN)[C@H](c3ccccc3)C1)c(=O)[nH]n2C.Cl. The number of nitrogens with one attached hydrogen (secondary N) is 1. The van der Waals surface area contributed by atoms with Crippen molar-refractivity contribution in [3.63, 3.8) is 0 Å². The molecule has 0 radical (unpaired) electrons. The summed E-state index contributed by atoms with van der Waals surface area (Å²) in [7, 11) is 1.77. The molecule has 3 N–H and O–H groups in total. The molecule has 1 fully saturated rings. The van der Waals surface area contributed by atoms with Crippen LogP contribution in [0.2, 0.25) is 0 Å². The Morgan fingerprint density at radius 1 is 1.23 bits per heavy atom. The lowest BCUT2D eigenvalue weighted by Gasteiger charge is -2.18. The van der Waals surface area contributed by atoms with Gasteiger partial charge in [0, 0.05) is 31.7 Å². The first-order valence-corrected chi connectivity index (χ1v) is 9.98. The Hall–Kier alpha value is -2.64. The first-order valence-electron chi connectivity index (χ1n) is 9.98. The average Bonchev–Trinajstić information content (AvgIpc) is 3.26. The predicted molar refractivity (Wildman–Crippen MR) is 120 cm³/mol. The largest absolute Gasteiger partial charge is 0.341 e. The minimum absolute atomic E-state index is 0. The lowest BCUT2D eigenvalue weighted by Crippen LogP contribution is -2.31. The number of pyridine rings is 1. The third-order valence-corrected chi connectivity index (χ3v) is 6.23. The Morgan fingerprint density at radius 2 is 1.93 bits per heavy atom. The van der Waals surface area contributed by atoms with E-state index in [1.165, 1.54) is 5.56 Å². The molecule has 1 saturated heterocycles. The highest BCUT2D eigenvalue weighted by Crippen LogP contribution is 2.32. The van der Waals surface area contributed by atoms with E-state index in [0.29, 0.717) is 30.7 Å². The Morgan fingerprint density at radius 3 is 2.60 bits per heavy atom. The fraction of sp³-hybridized carbons (Fsp3) is 0.409. The van der Waals surface area contributed by atoms with Gasteiger partial charge in [0.25, 0.3) is 5.56 Å². The normalized spacial score (nSPS) is 18.6. The number of hydrogen-bond donors (Lipinski definition) is 2. The van der Waals surface area contributed by atoms with Crippen LogP contribution < -0.4 is 11.3 Å². The number of aryl methyl sites for hydroxylation is 3. The van der Waals surface area contributed by atoms with Crippen LogP contribution in [0, 0.1) is 19.8 Å². The summed E-state index contributed by atoms with van der Waals surface area (Å²) in [5.74, 6) is 0.563. The second-order valence-corrected chi connectivity index (χ2v) is 7.99. The molecule has 0 aliphatic carbocycles. The van der Waals surface area contributed by atoms with Gasteiger partial charge in [0.2, 0.25) is 5.91 Å². The number of carbonyl (C=O) groups is 1. The van der Waals surface area contributed by atoms with Gasteiger partial charge in [-0.25, -0.2) is 4.98 Å². The summed E-state index contributed by atoms with van der Waals surface area (Å²) < 4.78 is 1.63. The zero-order chi connectivity index (χ0) is 20.7. The highest BCUT2D eigenvalue weighted by molar-refractivity contribution is 5.85. The molecule has 1 aromatic carbocycles. The van der Waals surface area contributed by atoms with Crippen LogP contribution in [0.5, 0.6) is 0 Å². The Bertz CT molecular complexity index is 1120. The molecule has 1 amide bonds. The summed E-state index contributed by atoms with van der Waals surface area (Å²) >= 11 is 0. The van der Waals surface area contributed by atoms with Crippen molar-refractivity contribution in [2.45, 2.75) is 26.2 Å². The second kappa shape index (κ2) is 8.62. The topological polar surface area (TPSA) is 97.0 Å². The number of halogens is 1. The fourth-order valence-electron chi connectivity index (χ4n) is 4.56. The number of amides is 1. The molecule has 2 aromatic heterocycles. The van der Waals surface area contributed by atoms with E-state index in [-0.39, 0.29) is 42.1 Å². The molecule has 0 saturated carbocycles. The fourth-order valence-corrected chi connectivity index (χ4v) is 4.56. The van der Waals surface area contributed by atoms with Crippen molar-refractivity contribution in [3.8, 4) is 0 Å². The van der Waals surface area contributed by atoms with Crippen LogP contribution in [0.15, 0.2) is 35.1 Å². The van der Waals surface area contributed by atoms with E-state index in [2.05, 4.69) is 22.2 Å². The van der Waals surface area contributed by atoms with Crippen LogP contribution in [-0.2, 0) is 18.3 Å². The number of benzene rings is 1. The maximum Gasteiger partial charge on any atom is 0.273 e. The first-order chi connectivity index (χ1) is 13.9. The average molecular weight is 430 g/mol. The molecule has 3 heterocycles. The number of likely N-dealkylation sites (tertiary alicyclic amines) is 1. The molecule has 0 unspecified atom stereocenters. The van der Waals surface area contributed by atoms with Crippen LogP contribution in [0.4, 0.5) is 0 Å². The number of fused-ring (bicyclic) bond motifs is 1. The van der Waals surface area contributed by atoms with Gasteiger partial charge in [-0.15, -0.1) is 12.4 Å². The van der Waals surface area contributed by atoms with Gasteiger partial charge in [-0.1, -0.05) is 30.3 Å². The Labute approximate surface area is 181 Å². The van der Waals surface area contributed by atoms with Gasteiger partial charge in [-0.3, -0.25) is 19.4 Å². The third-order valence-electron chi connectivity index (χ3n) is 6.23. The van der Waals surface area contributed by atoms with Crippen LogP contribution in [0.25, 0.3) is 11.0 Å². The van der Waals surface area contributed by atoms with Gasteiger partial charge < -0.3 is 10.6 Å². The number of nitrogens with two attached hydrogens (primary N) is 1. The summed E-state index contributed by atoms with van der Waals surface area (Å²) in [6.45, 7) is 5.67. The number of aromatic nitrogens is 3. The minimum Gasteiger partial charge on any atom is -0.341 e. The Balaban J connectivity index is 0.00000256. The summed E-state index contributed by atoms with van der Waals surface area (Å²) in [5.41, 5.74) is 10.1. The molecular weight excluding hydrogens is 402 g/mol. The molecule has 3 aromatic rings. The van der Waals surface area contributed by atoms with Crippen LogP contribution in [0.1, 0.15) is 28.3 Å². The third kappa shape index (κ3) is 3.75. The van der Waals surface area contributed by atoms with Gasteiger partial charge >= 0.3 is 0 Å². The molecule has 7 nitrogen and oxygen atoms in total. The number of rotatable bonds is 4. The van der Waals surface area contributed by atoms with Crippen LogP contribution in [0.3, 0.4) is 0 Å². The van der Waals surface area contributed by atoms with E-state index in [0.717, 1.165) is 16.8 Å². The van der Waals surface area contributed by atoms with Gasteiger partial charge in [0.05, 0.1) is 11.8 Å². The number of carbonyl (C=O) groups excluding carboxylic acids is 1. The van der Waals surface area contributed by atoms with E-state index >= 15 is 0 Å². The van der Waals surface area contributed by atoms with Crippen molar-refractivity contribution in [2.75, 3.05) is 19.6 Å². The zero-order valence-electron chi connectivity index (χ0n) is 17.5. The van der Waals surface area contributed by atoms with Gasteiger partial charge in [0.15, 0.2) is 5.65 Å². The zero-order valence-corrected chi connectivity index (χ0v) is 18.3. The van der Waals surface area contributed by atoms with E-state index in [1.807, 2.05) is 36.9 Å². The molecule has 0 spiro atoms. The maximum absolute atomic E-state index is 13.1. The molecule has 30 heavy (non-hydrogen) atoms. The summed E-state index contributed by atoms with van der Waals surface area (Å²) in [6.07, 6.45) is 0.244. The van der Waals surface area contributed by atoms with Gasteiger partial charge in [-0.2, -0.15) is 0 Å². The predicted octanol–water partition coefficient (Wildman–Crippen LogP) is 2.04. The van der Waals surface area contributed by atoms with Crippen molar-refractivity contribution in [1.82, 2.24) is 19.7 Å². The smallest absolute Gasteiger partial charge is 0.273 e. The van der Waals surface area contributed by atoms with Crippen molar-refractivity contribution in [1.29, 1.82) is 0 Å². The summed E-state index contributed by atoms with van der Waals surface area (Å²) in [6, 6.07) is 10.3. The number of nitrogens with zero attached hydrogens (tertiary/aromatic N) is 3. The van der Waals surface area contributed by atoms with Crippen LogP contribution >= 0.6 is 12.4 Å². The summed E-state index contributed by atoms with van der Waals surface area (Å²) in [5, 5.41) is 3.31. The minimum atomic E-state index is -0.172. The van der Waals surface area contributed by atoms with Crippen molar-refractivity contribution < 1.29 is 4.79 Å². The molecule has 0 bridgehead atoms. The van der Waals surface area contributed by atoms with E-state index in [9.17, 15) is 9.59 Å². The number of H-pyrrole nitrogens is 1. The molecule has 160 valence electrons. The molecule has 1 aliphatic rings. The van der Waals surface area contributed by atoms with Crippen molar-refractivity contribution in [3.05, 3.63) is 63.1 Å². The van der Waals surface area contributed by atoms with Gasteiger partial charge in [-0.05, 0) is 43.0 Å². The van der Waals surface area contributed by atoms with E-state index in [4.69, 9.17) is 5.73 Å². The lowest BCUT2D eigenvalue weighted by molar-refractivity contribution is -0.129.